The van der Waals surface area contributed by atoms with E-state index < -0.39 is 5.60 Å². The van der Waals surface area contributed by atoms with Crippen LogP contribution in [-0.4, -0.2) is 52.7 Å². The maximum atomic E-state index is 12.3. The maximum Gasteiger partial charge on any atom is 0.410 e. The number of piperidine rings is 1. The lowest BCUT2D eigenvalue weighted by Crippen LogP contribution is -2.41. The monoisotopic (exact) mass is 332 g/mol. The number of amides is 1. The van der Waals surface area contributed by atoms with Crippen LogP contribution in [0, 0.1) is 25.7 Å². The Balaban J connectivity index is 1.65. The first-order valence-corrected chi connectivity index (χ1v) is 8.76. The standard InChI is InChI=1S/C18H28N4O2/c1-12-8-13(2)20-16(19-12)21-7-6-14-9-22(11-15(14)10-21)17(23)24-18(3,4)5/h8,14-15H,6-7,9-11H2,1-5H3/t14-,15+/m1/s1. The van der Waals surface area contributed by atoms with E-state index in [-0.39, 0.29) is 6.09 Å². The van der Waals surface area contributed by atoms with Crippen LogP contribution in [0.1, 0.15) is 38.6 Å². The van der Waals surface area contributed by atoms with E-state index in [1.807, 2.05) is 45.6 Å². The smallest absolute Gasteiger partial charge is 0.410 e. The Bertz CT molecular complexity index is 606. The molecule has 0 aromatic carbocycles. The van der Waals surface area contributed by atoms with Crippen molar-refractivity contribution >= 4 is 12.0 Å². The molecule has 1 aromatic rings. The van der Waals surface area contributed by atoms with Crippen LogP contribution in [0.4, 0.5) is 10.7 Å². The Morgan fingerprint density at radius 3 is 2.38 bits per heavy atom. The summed E-state index contributed by atoms with van der Waals surface area (Å²) in [5, 5.41) is 0. The number of carbonyl (C=O) groups is 1. The second-order valence-electron chi connectivity index (χ2n) is 8.09. The Morgan fingerprint density at radius 2 is 1.75 bits per heavy atom. The summed E-state index contributed by atoms with van der Waals surface area (Å²) in [5.74, 6) is 1.84. The van der Waals surface area contributed by atoms with Crippen molar-refractivity contribution in [3.05, 3.63) is 17.5 Å². The second kappa shape index (κ2) is 6.22. The van der Waals surface area contributed by atoms with Gasteiger partial charge in [0.05, 0.1) is 0 Å². The molecular weight excluding hydrogens is 304 g/mol. The van der Waals surface area contributed by atoms with Crippen LogP contribution in [0.25, 0.3) is 0 Å². The number of anilines is 1. The van der Waals surface area contributed by atoms with E-state index in [0.29, 0.717) is 11.8 Å². The number of carbonyl (C=O) groups excluding carboxylic acids is 1. The van der Waals surface area contributed by atoms with Gasteiger partial charge < -0.3 is 14.5 Å². The average molecular weight is 332 g/mol. The molecule has 2 aliphatic heterocycles. The fourth-order valence-electron chi connectivity index (χ4n) is 3.67. The number of hydrogen-bond donors (Lipinski definition) is 0. The number of nitrogens with zero attached hydrogens (tertiary/aromatic N) is 4. The summed E-state index contributed by atoms with van der Waals surface area (Å²) in [4.78, 5) is 25.6. The van der Waals surface area contributed by atoms with E-state index in [4.69, 9.17) is 4.74 Å². The van der Waals surface area contributed by atoms with Gasteiger partial charge in [0.1, 0.15) is 5.60 Å². The molecule has 0 unspecified atom stereocenters. The van der Waals surface area contributed by atoms with Gasteiger partial charge in [0.25, 0.3) is 0 Å². The van der Waals surface area contributed by atoms with Gasteiger partial charge in [-0.15, -0.1) is 0 Å². The second-order valence-corrected chi connectivity index (χ2v) is 8.09. The van der Waals surface area contributed by atoms with Crippen LogP contribution < -0.4 is 4.90 Å². The molecule has 0 N–H and O–H groups in total. The molecule has 2 fully saturated rings. The van der Waals surface area contributed by atoms with E-state index in [1.54, 1.807) is 0 Å². The molecule has 2 saturated heterocycles. The predicted molar refractivity (Wildman–Crippen MR) is 93.1 cm³/mol. The quantitative estimate of drug-likeness (QED) is 0.791. The third-order valence-electron chi connectivity index (χ3n) is 4.71. The Morgan fingerprint density at radius 1 is 1.12 bits per heavy atom. The van der Waals surface area contributed by atoms with Crippen molar-refractivity contribution in [3.8, 4) is 0 Å². The van der Waals surface area contributed by atoms with Crippen molar-refractivity contribution in [2.24, 2.45) is 11.8 Å². The van der Waals surface area contributed by atoms with E-state index >= 15 is 0 Å². The number of hydrogen-bond acceptors (Lipinski definition) is 5. The lowest BCUT2D eigenvalue weighted by Gasteiger charge is -2.34. The molecule has 24 heavy (non-hydrogen) atoms. The topological polar surface area (TPSA) is 58.6 Å². The molecule has 3 heterocycles. The summed E-state index contributed by atoms with van der Waals surface area (Å²) in [6, 6.07) is 2.00. The van der Waals surface area contributed by atoms with Crippen molar-refractivity contribution in [2.45, 2.75) is 46.6 Å². The summed E-state index contributed by atoms with van der Waals surface area (Å²) in [5.41, 5.74) is 1.56. The number of aryl methyl sites for hydroxylation is 2. The van der Waals surface area contributed by atoms with Crippen LogP contribution in [0.3, 0.4) is 0 Å². The largest absolute Gasteiger partial charge is 0.444 e. The fraction of sp³-hybridized carbons (Fsp3) is 0.722. The minimum atomic E-state index is -0.441. The number of ether oxygens (including phenoxy) is 1. The van der Waals surface area contributed by atoms with Gasteiger partial charge >= 0.3 is 6.09 Å². The van der Waals surface area contributed by atoms with Crippen molar-refractivity contribution in [3.63, 3.8) is 0 Å². The van der Waals surface area contributed by atoms with Gasteiger partial charge in [-0.2, -0.15) is 0 Å². The van der Waals surface area contributed by atoms with Crippen molar-refractivity contribution < 1.29 is 9.53 Å². The minimum Gasteiger partial charge on any atom is -0.444 e. The number of rotatable bonds is 1. The Hall–Kier alpha value is -1.85. The van der Waals surface area contributed by atoms with Gasteiger partial charge in [-0.1, -0.05) is 0 Å². The summed E-state index contributed by atoms with van der Waals surface area (Å²) >= 11 is 0. The molecule has 3 rings (SSSR count). The first-order valence-electron chi connectivity index (χ1n) is 8.76. The molecule has 0 bridgehead atoms. The lowest BCUT2D eigenvalue weighted by molar-refractivity contribution is 0.0285. The zero-order valence-electron chi connectivity index (χ0n) is 15.4. The molecule has 1 amide bonds. The van der Waals surface area contributed by atoms with Crippen LogP contribution in [0.5, 0.6) is 0 Å². The van der Waals surface area contributed by atoms with Crippen LogP contribution in [-0.2, 0) is 4.74 Å². The predicted octanol–water partition coefficient (Wildman–Crippen LogP) is 2.79. The van der Waals surface area contributed by atoms with Crippen molar-refractivity contribution in [2.75, 3.05) is 31.1 Å². The molecule has 0 saturated carbocycles. The number of fused-ring (bicyclic) bond motifs is 1. The van der Waals surface area contributed by atoms with Gasteiger partial charge in [-0.3, -0.25) is 0 Å². The van der Waals surface area contributed by atoms with Crippen molar-refractivity contribution in [1.82, 2.24) is 14.9 Å². The van der Waals surface area contributed by atoms with Crippen LogP contribution in [0.15, 0.2) is 6.07 Å². The highest BCUT2D eigenvalue weighted by Crippen LogP contribution is 2.33. The molecule has 0 radical (unpaired) electrons. The molecule has 2 aliphatic rings. The highest BCUT2D eigenvalue weighted by atomic mass is 16.6. The van der Waals surface area contributed by atoms with Gasteiger partial charge in [0.2, 0.25) is 5.95 Å². The first-order chi connectivity index (χ1) is 11.2. The minimum absolute atomic E-state index is 0.189. The number of likely N-dealkylation sites (tertiary alicyclic amines) is 1. The third kappa shape index (κ3) is 3.79. The van der Waals surface area contributed by atoms with Crippen LogP contribution in [0.2, 0.25) is 0 Å². The molecule has 0 aliphatic carbocycles. The third-order valence-corrected chi connectivity index (χ3v) is 4.71. The highest BCUT2D eigenvalue weighted by molar-refractivity contribution is 5.68. The van der Waals surface area contributed by atoms with Gasteiger partial charge in [0, 0.05) is 37.6 Å². The molecule has 132 valence electrons. The summed E-state index contributed by atoms with van der Waals surface area (Å²) < 4.78 is 5.52. The highest BCUT2D eigenvalue weighted by Gasteiger charge is 2.40. The molecular formula is C18H28N4O2. The van der Waals surface area contributed by atoms with Crippen molar-refractivity contribution in [1.29, 1.82) is 0 Å². The van der Waals surface area contributed by atoms with Gasteiger partial charge in [-0.05, 0) is 58.9 Å². The average Bonchev–Trinajstić information content (AvgIpc) is 2.87. The molecule has 0 spiro atoms. The Labute approximate surface area is 144 Å². The lowest BCUT2D eigenvalue weighted by atomic mass is 9.89. The molecule has 1 aromatic heterocycles. The fourth-order valence-corrected chi connectivity index (χ4v) is 3.67. The van der Waals surface area contributed by atoms with E-state index in [9.17, 15) is 4.79 Å². The molecule has 2 atom stereocenters. The zero-order chi connectivity index (χ0) is 17.5. The molecule has 6 nitrogen and oxygen atoms in total. The summed E-state index contributed by atoms with van der Waals surface area (Å²) in [7, 11) is 0. The normalized spacial score (nSPS) is 24.0. The zero-order valence-corrected chi connectivity index (χ0v) is 15.4. The van der Waals surface area contributed by atoms with Gasteiger partial charge in [-0.25, -0.2) is 14.8 Å². The molecule has 6 heteroatoms. The maximum absolute atomic E-state index is 12.3. The number of aromatic nitrogens is 2. The SMILES string of the molecule is Cc1cc(C)nc(N2CC[C@@H]3CN(C(=O)OC(C)(C)C)C[C@@H]3C2)n1. The van der Waals surface area contributed by atoms with Gasteiger partial charge in [0.15, 0.2) is 0 Å². The van der Waals surface area contributed by atoms with Crippen LogP contribution >= 0.6 is 0 Å². The van der Waals surface area contributed by atoms with E-state index in [2.05, 4.69) is 14.9 Å². The van der Waals surface area contributed by atoms with E-state index in [1.165, 1.54) is 0 Å². The Kier molecular flexibility index (Phi) is 4.40. The summed E-state index contributed by atoms with van der Waals surface area (Å²) in [6.07, 6.45) is 0.881. The first kappa shape index (κ1) is 17.0. The summed E-state index contributed by atoms with van der Waals surface area (Å²) in [6.45, 7) is 13.2. The van der Waals surface area contributed by atoms with E-state index in [0.717, 1.165) is 49.9 Å².